The van der Waals surface area contributed by atoms with Gasteiger partial charge in [0.15, 0.2) is 0 Å². The highest BCUT2D eigenvalue weighted by Crippen LogP contribution is 2.35. The summed E-state index contributed by atoms with van der Waals surface area (Å²) in [5, 5.41) is 0.737. The Kier molecular flexibility index (Phi) is 4.70. The van der Waals surface area contributed by atoms with Gasteiger partial charge in [0.1, 0.15) is 0 Å². The normalized spacial score (nSPS) is 20.7. The van der Waals surface area contributed by atoms with E-state index in [0.717, 1.165) is 47.5 Å². The van der Waals surface area contributed by atoms with E-state index >= 15 is 0 Å². The molecule has 100 valence electrons. The van der Waals surface area contributed by atoms with Crippen LogP contribution in [0.1, 0.15) is 31.7 Å². The van der Waals surface area contributed by atoms with Gasteiger partial charge in [-0.3, -0.25) is 0 Å². The fourth-order valence-corrected chi connectivity index (χ4v) is 3.50. The third-order valence-electron chi connectivity index (χ3n) is 3.60. The molecule has 1 fully saturated rings. The van der Waals surface area contributed by atoms with Crippen LogP contribution < -0.4 is 5.73 Å². The molecule has 0 aromatic heterocycles. The molecule has 0 bridgehead atoms. The standard InChI is InChI=1S/C14H19BrClNO/c1-14(17,9-10-4-6-18-7-5-10)12-3-2-11(15)8-13(12)16/h2-3,8,10H,4-7,9,17H2,1H3. The molecule has 2 N–H and O–H groups in total. The van der Waals surface area contributed by atoms with Crippen LogP contribution in [0.15, 0.2) is 22.7 Å². The van der Waals surface area contributed by atoms with Gasteiger partial charge in [-0.05, 0) is 49.8 Å². The van der Waals surface area contributed by atoms with E-state index in [0.29, 0.717) is 5.92 Å². The second-order valence-electron chi connectivity index (χ2n) is 5.30. The van der Waals surface area contributed by atoms with E-state index in [-0.39, 0.29) is 5.54 Å². The van der Waals surface area contributed by atoms with Crippen molar-refractivity contribution in [2.45, 2.75) is 31.7 Å². The number of benzene rings is 1. The van der Waals surface area contributed by atoms with Gasteiger partial charge in [0.25, 0.3) is 0 Å². The summed E-state index contributed by atoms with van der Waals surface area (Å²) in [6.07, 6.45) is 3.15. The molecule has 1 unspecified atom stereocenters. The number of ether oxygens (including phenoxy) is 1. The van der Waals surface area contributed by atoms with Gasteiger partial charge in [0.2, 0.25) is 0 Å². The summed E-state index contributed by atoms with van der Waals surface area (Å²) in [7, 11) is 0. The molecule has 4 heteroatoms. The van der Waals surface area contributed by atoms with E-state index in [1.54, 1.807) is 0 Å². The Morgan fingerprint density at radius 1 is 1.44 bits per heavy atom. The number of nitrogens with two attached hydrogens (primary N) is 1. The molecule has 1 atom stereocenters. The zero-order chi connectivity index (χ0) is 13.2. The summed E-state index contributed by atoms with van der Waals surface area (Å²) in [6, 6.07) is 5.92. The minimum absolute atomic E-state index is 0.375. The summed E-state index contributed by atoms with van der Waals surface area (Å²) in [5.41, 5.74) is 7.13. The first-order chi connectivity index (χ1) is 8.49. The van der Waals surface area contributed by atoms with Crippen LogP contribution in [0.2, 0.25) is 5.02 Å². The fraction of sp³-hybridized carbons (Fsp3) is 0.571. The molecule has 0 aliphatic carbocycles. The number of halogens is 2. The molecule has 18 heavy (non-hydrogen) atoms. The molecule has 1 aromatic rings. The van der Waals surface area contributed by atoms with Crippen molar-refractivity contribution < 1.29 is 4.74 Å². The SMILES string of the molecule is CC(N)(CC1CCOCC1)c1ccc(Br)cc1Cl. The summed E-state index contributed by atoms with van der Waals surface area (Å²) < 4.78 is 6.37. The second-order valence-corrected chi connectivity index (χ2v) is 6.62. The number of hydrogen-bond acceptors (Lipinski definition) is 2. The lowest BCUT2D eigenvalue weighted by Gasteiger charge is -2.32. The maximum atomic E-state index is 6.48. The first-order valence-corrected chi connectivity index (χ1v) is 7.48. The Bertz CT molecular complexity index is 416. The fourth-order valence-electron chi connectivity index (χ4n) is 2.61. The van der Waals surface area contributed by atoms with E-state index in [9.17, 15) is 0 Å². The van der Waals surface area contributed by atoms with Crippen LogP contribution >= 0.6 is 27.5 Å². The van der Waals surface area contributed by atoms with Crippen molar-refractivity contribution in [2.24, 2.45) is 11.7 Å². The molecule has 0 radical (unpaired) electrons. The maximum absolute atomic E-state index is 6.48. The summed E-state index contributed by atoms with van der Waals surface area (Å²) in [6.45, 7) is 3.78. The van der Waals surface area contributed by atoms with E-state index in [2.05, 4.69) is 22.9 Å². The average Bonchev–Trinajstić information content (AvgIpc) is 2.29. The van der Waals surface area contributed by atoms with Gasteiger partial charge < -0.3 is 10.5 Å². The Labute approximate surface area is 122 Å². The molecule has 0 amide bonds. The molecule has 1 aliphatic rings. The molecule has 2 rings (SSSR count). The number of rotatable bonds is 3. The predicted octanol–water partition coefficient (Wildman–Crippen LogP) is 4.09. The topological polar surface area (TPSA) is 35.2 Å². The molecule has 1 aromatic carbocycles. The molecule has 1 aliphatic heterocycles. The molecule has 0 saturated carbocycles. The summed E-state index contributed by atoms with van der Waals surface area (Å²) in [5.74, 6) is 0.633. The van der Waals surface area contributed by atoms with Gasteiger partial charge >= 0.3 is 0 Å². The van der Waals surface area contributed by atoms with E-state index in [1.165, 1.54) is 0 Å². The minimum Gasteiger partial charge on any atom is -0.381 e. The van der Waals surface area contributed by atoms with Crippen molar-refractivity contribution in [3.8, 4) is 0 Å². The van der Waals surface area contributed by atoms with Crippen LogP contribution in [0.4, 0.5) is 0 Å². The van der Waals surface area contributed by atoms with Gasteiger partial charge in [-0.15, -0.1) is 0 Å². The third-order valence-corrected chi connectivity index (χ3v) is 4.41. The van der Waals surface area contributed by atoms with E-state index in [4.69, 9.17) is 22.1 Å². The number of hydrogen-bond donors (Lipinski definition) is 1. The first kappa shape index (κ1) is 14.3. The Balaban J connectivity index is 2.13. The predicted molar refractivity (Wildman–Crippen MR) is 78.9 cm³/mol. The van der Waals surface area contributed by atoms with Crippen LogP contribution in [0.3, 0.4) is 0 Å². The van der Waals surface area contributed by atoms with Crippen molar-refractivity contribution in [3.63, 3.8) is 0 Å². The highest BCUT2D eigenvalue weighted by Gasteiger charge is 2.28. The van der Waals surface area contributed by atoms with Crippen molar-refractivity contribution in [1.82, 2.24) is 0 Å². The Morgan fingerprint density at radius 2 is 2.11 bits per heavy atom. The molecular formula is C14H19BrClNO. The average molecular weight is 333 g/mol. The van der Waals surface area contributed by atoms with Crippen LogP contribution in [-0.4, -0.2) is 13.2 Å². The van der Waals surface area contributed by atoms with Gasteiger partial charge in [-0.2, -0.15) is 0 Å². The maximum Gasteiger partial charge on any atom is 0.0468 e. The van der Waals surface area contributed by atoms with Crippen LogP contribution in [0.25, 0.3) is 0 Å². The zero-order valence-corrected chi connectivity index (χ0v) is 12.9. The molecule has 1 saturated heterocycles. The quantitative estimate of drug-likeness (QED) is 0.904. The van der Waals surface area contributed by atoms with E-state index < -0.39 is 0 Å². The van der Waals surface area contributed by atoms with Crippen LogP contribution in [0.5, 0.6) is 0 Å². The zero-order valence-electron chi connectivity index (χ0n) is 10.6. The van der Waals surface area contributed by atoms with E-state index in [1.807, 2.05) is 18.2 Å². The summed E-state index contributed by atoms with van der Waals surface area (Å²) in [4.78, 5) is 0. The lowest BCUT2D eigenvalue weighted by Crippen LogP contribution is -2.37. The smallest absolute Gasteiger partial charge is 0.0468 e. The summed E-state index contributed by atoms with van der Waals surface area (Å²) >= 11 is 9.72. The lowest BCUT2D eigenvalue weighted by molar-refractivity contribution is 0.0570. The van der Waals surface area contributed by atoms with Gasteiger partial charge in [0, 0.05) is 28.2 Å². The minimum atomic E-state index is -0.375. The highest BCUT2D eigenvalue weighted by molar-refractivity contribution is 9.10. The Morgan fingerprint density at radius 3 is 2.72 bits per heavy atom. The van der Waals surface area contributed by atoms with Gasteiger partial charge in [-0.25, -0.2) is 0 Å². The van der Waals surface area contributed by atoms with Crippen LogP contribution in [-0.2, 0) is 10.3 Å². The van der Waals surface area contributed by atoms with Gasteiger partial charge in [0.05, 0.1) is 0 Å². The molecular weight excluding hydrogens is 314 g/mol. The second kappa shape index (κ2) is 5.91. The third kappa shape index (κ3) is 3.47. The van der Waals surface area contributed by atoms with Crippen molar-refractivity contribution in [2.75, 3.05) is 13.2 Å². The lowest BCUT2D eigenvalue weighted by atomic mass is 9.81. The Hall–Kier alpha value is -0.0900. The highest BCUT2D eigenvalue weighted by atomic mass is 79.9. The first-order valence-electron chi connectivity index (χ1n) is 6.31. The van der Waals surface area contributed by atoms with Crippen molar-refractivity contribution >= 4 is 27.5 Å². The molecule has 1 heterocycles. The van der Waals surface area contributed by atoms with Crippen molar-refractivity contribution in [3.05, 3.63) is 33.3 Å². The van der Waals surface area contributed by atoms with Crippen LogP contribution in [0, 0.1) is 5.92 Å². The molecule has 0 spiro atoms. The van der Waals surface area contributed by atoms with Gasteiger partial charge in [-0.1, -0.05) is 33.6 Å². The molecule has 2 nitrogen and oxygen atoms in total. The monoisotopic (exact) mass is 331 g/mol. The van der Waals surface area contributed by atoms with Crippen molar-refractivity contribution in [1.29, 1.82) is 0 Å². The largest absolute Gasteiger partial charge is 0.381 e.